The van der Waals surface area contributed by atoms with Gasteiger partial charge >= 0.3 is 0 Å². The minimum atomic E-state index is -0.00959. The Kier molecular flexibility index (Phi) is 4.36. The van der Waals surface area contributed by atoms with Gasteiger partial charge in [0.15, 0.2) is 0 Å². The van der Waals surface area contributed by atoms with Gasteiger partial charge in [0.05, 0.1) is 6.04 Å². The number of nitrogens with zero attached hydrogens (tertiary/aromatic N) is 1. The second-order valence-electron chi connectivity index (χ2n) is 6.86. The molecule has 3 nitrogen and oxygen atoms in total. The first kappa shape index (κ1) is 15.0. The normalized spacial score (nSPS) is 37.2. The number of carbonyl (C=O) groups is 1. The standard InChI is InChI=1S/C17H26N2OS/c1-4-14-17(20)19(13-9-11(2)8-12(3)10-13)16(18-14)15-6-5-7-21-15/h5-7,11-14,16,18H,4,8-10H2,1-3H3. The van der Waals surface area contributed by atoms with Crippen LogP contribution in [0.1, 0.15) is 57.5 Å². The molecule has 1 N–H and O–H groups in total. The van der Waals surface area contributed by atoms with Gasteiger partial charge < -0.3 is 4.90 Å². The van der Waals surface area contributed by atoms with E-state index in [2.05, 4.69) is 48.5 Å². The highest BCUT2D eigenvalue weighted by Crippen LogP contribution is 2.38. The molecule has 2 fully saturated rings. The second-order valence-corrected chi connectivity index (χ2v) is 7.84. The predicted octanol–water partition coefficient (Wildman–Crippen LogP) is 3.78. The molecule has 0 spiro atoms. The molecule has 1 aliphatic heterocycles. The van der Waals surface area contributed by atoms with E-state index in [9.17, 15) is 4.79 Å². The van der Waals surface area contributed by atoms with E-state index in [1.54, 1.807) is 11.3 Å². The molecule has 1 saturated heterocycles. The van der Waals surface area contributed by atoms with Gasteiger partial charge in [-0.05, 0) is 49.0 Å². The molecule has 4 atom stereocenters. The van der Waals surface area contributed by atoms with Crippen LogP contribution in [-0.4, -0.2) is 22.9 Å². The maximum absolute atomic E-state index is 12.8. The van der Waals surface area contributed by atoms with Gasteiger partial charge in [0, 0.05) is 10.9 Å². The average molecular weight is 306 g/mol. The first-order chi connectivity index (χ1) is 10.1. The summed E-state index contributed by atoms with van der Waals surface area (Å²) in [6.45, 7) is 6.75. The van der Waals surface area contributed by atoms with Crippen LogP contribution in [0.15, 0.2) is 17.5 Å². The number of amides is 1. The molecule has 1 aromatic rings. The van der Waals surface area contributed by atoms with Gasteiger partial charge in [-0.3, -0.25) is 10.1 Å². The molecule has 2 heterocycles. The number of hydrogen-bond donors (Lipinski definition) is 1. The lowest BCUT2D eigenvalue weighted by Gasteiger charge is -2.39. The summed E-state index contributed by atoms with van der Waals surface area (Å²) in [5, 5.41) is 5.66. The number of carbonyl (C=O) groups excluding carboxylic acids is 1. The quantitative estimate of drug-likeness (QED) is 0.921. The van der Waals surface area contributed by atoms with Gasteiger partial charge in [0.25, 0.3) is 0 Å². The molecule has 3 rings (SSSR count). The van der Waals surface area contributed by atoms with Crippen molar-refractivity contribution in [2.75, 3.05) is 0 Å². The molecule has 0 aromatic carbocycles. The van der Waals surface area contributed by atoms with Crippen LogP contribution in [0.3, 0.4) is 0 Å². The van der Waals surface area contributed by atoms with Gasteiger partial charge in [-0.2, -0.15) is 0 Å². The highest BCUT2D eigenvalue weighted by Gasteiger charge is 2.44. The number of hydrogen-bond acceptors (Lipinski definition) is 3. The van der Waals surface area contributed by atoms with Crippen molar-refractivity contribution in [1.29, 1.82) is 0 Å². The van der Waals surface area contributed by atoms with Crippen LogP contribution in [0.4, 0.5) is 0 Å². The summed E-state index contributed by atoms with van der Waals surface area (Å²) < 4.78 is 0. The highest BCUT2D eigenvalue weighted by molar-refractivity contribution is 7.10. The van der Waals surface area contributed by atoms with E-state index in [4.69, 9.17) is 0 Å². The SMILES string of the molecule is CCC1NC(c2cccs2)N(C2CC(C)CC(C)C2)C1=O. The zero-order chi connectivity index (χ0) is 15.0. The fourth-order valence-electron chi connectivity index (χ4n) is 4.13. The molecule has 0 radical (unpaired) electrons. The summed E-state index contributed by atoms with van der Waals surface area (Å²) in [6, 6.07) is 4.61. The molecule has 1 saturated carbocycles. The molecular weight excluding hydrogens is 280 g/mol. The third-order valence-electron chi connectivity index (χ3n) is 4.96. The zero-order valence-electron chi connectivity index (χ0n) is 13.2. The topological polar surface area (TPSA) is 32.3 Å². The number of nitrogens with one attached hydrogen (secondary N) is 1. The van der Waals surface area contributed by atoms with Crippen molar-refractivity contribution < 1.29 is 4.79 Å². The second kappa shape index (κ2) is 6.09. The molecule has 116 valence electrons. The molecule has 1 aromatic heterocycles. The van der Waals surface area contributed by atoms with Crippen molar-refractivity contribution >= 4 is 17.2 Å². The largest absolute Gasteiger partial charge is 0.318 e. The Morgan fingerprint density at radius 3 is 2.57 bits per heavy atom. The van der Waals surface area contributed by atoms with E-state index in [-0.39, 0.29) is 12.2 Å². The number of rotatable bonds is 3. The Hall–Kier alpha value is -0.870. The Balaban J connectivity index is 1.87. The Morgan fingerprint density at radius 2 is 2.00 bits per heavy atom. The van der Waals surface area contributed by atoms with Gasteiger partial charge in [-0.15, -0.1) is 11.3 Å². The summed E-state index contributed by atoms with van der Waals surface area (Å²) in [7, 11) is 0. The smallest absolute Gasteiger partial charge is 0.241 e. The van der Waals surface area contributed by atoms with Crippen LogP contribution in [0.2, 0.25) is 0 Å². The minimum absolute atomic E-state index is 0.00959. The van der Waals surface area contributed by atoms with E-state index in [0.717, 1.165) is 31.1 Å². The third kappa shape index (κ3) is 2.88. The van der Waals surface area contributed by atoms with Crippen molar-refractivity contribution in [3.05, 3.63) is 22.4 Å². The number of thiophene rings is 1. The lowest BCUT2D eigenvalue weighted by Crippen LogP contribution is -2.43. The van der Waals surface area contributed by atoms with Crippen molar-refractivity contribution in [3.8, 4) is 0 Å². The van der Waals surface area contributed by atoms with E-state index < -0.39 is 0 Å². The van der Waals surface area contributed by atoms with Crippen LogP contribution in [0, 0.1) is 11.8 Å². The average Bonchev–Trinajstić information content (AvgIpc) is 3.04. The fraction of sp³-hybridized carbons (Fsp3) is 0.706. The van der Waals surface area contributed by atoms with E-state index in [1.807, 2.05) is 0 Å². The molecule has 21 heavy (non-hydrogen) atoms. The van der Waals surface area contributed by atoms with Crippen LogP contribution in [0.5, 0.6) is 0 Å². The first-order valence-corrected chi connectivity index (χ1v) is 9.09. The summed E-state index contributed by atoms with van der Waals surface area (Å²) in [5.41, 5.74) is 0. The van der Waals surface area contributed by atoms with Gasteiger partial charge in [0.2, 0.25) is 5.91 Å². The summed E-state index contributed by atoms with van der Waals surface area (Å²) in [4.78, 5) is 16.3. The Morgan fingerprint density at radius 1 is 1.29 bits per heavy atom. The molecule has 4 unspecified atom stereocenters. The van der Waals surface area contributed by atoms with Crippen molar-refractivity contribution in [1.82, 2.24) is 10.2 Å². The Bertz CT molecular complexity index is 477. The third-order valence-corrected chi connectivity index (χ3v) is 5.88. The summed E-state index contributed by atoms with van der Waals surface area (Å²) >= 11 is 1.75. The molecule has 1 amide bonds. The van der Waals surface area contributed by atoms with Crippen molar-refractivity contribution in [3.63, 3.8) is 0 Å². The van der Waals surface area contributed by atoms with Crippen LogP contribution in [0.25, 0.3) is 0 Å². The molecule has 1 aliphatic carbocycles. The lowest BCUT2D eigenvalue weighted by molar-refractivity contribution is -0.133. The molecule has 0 bridgehead atoms. The van der Waals surface area contributed by atoms with Crippen molar-refractivity contribution in [2.45, 2.75) is 64.7 Å². The van der Waals surface area contributed by atoms with E-state index in [1.165, 1.54) is 11.3 Å². The van der Waals surface area contributed by atoms with Gasteiger partial charge in [-0.1, -0.05) is 26.8 Å². The van der Waals surface area contributed by atoms with Crippen LogP contribution < -0.4 is 5.32 Å². The zero-order valence-corrected chi connectivity index (χ0v) is 14.0. The predicted molar refractivity (Wildman–Crippen MR) is 87.1 cm³/mol. The maximum atomic E-state index is 12.8. The lowest BCUT2D eigenvalue weighted by atomic mass is 9.79. The van der Waals surface area contributed by atoms with Crippen LogP contribution >= 0.6 is 11.3 Å². The molecular formula is C17H26N2OS. The highest BCUT2D eigenvalue weighted by atomic mass is 32.1. The van der Waals surface area contributed by atoms with Gasteiger partial charge in [-0.25, -0.2) is 0 Å². The first-order valence-electron chi connectivity index (χ1n) is 8.21. The maximum Gasteiger partial charge on any atom is 0.241 e. The van der Waals surface area contributed by atoms with Crippen LogP contribution in [-0.2, 0) is 4.79 Å². The van der Waals surface area contributed by atoms with Crippen molar-refractivity contribution in [2.24, 2.45) is 11.8 Å². The Labute approximate surface area is 131 Å². The van der Waals surface area contributed by atoms with E-state index in [0.29, 0.717) is 11.9 Å². The van der Waals surface area contributed by atoms with Gasteiger partial charge in [0.1, 0.15) is 6.17 Å². The molecule has 2 aliphatic rings. The minimum Gasteiger partial charge on any atom is -0.318 e. The molecule has 4 heteroatoms. The fourth-order valence-corrected chi connectivity index (χ4v) is 4.91. The monoisotopic (exact) mass is 306 g/mol. The summed E-state index contributed by atoms with van der Waals surface area (Å²) in [5.74, 6) is 1.75. The van der Waals surface area contributed by atoms with E-state index >= 15 is 0 Å². The summed E-state index contributed by atoms with van der Waals surface area (Å²) in [6.07, 6.45) is 4.55.